The molecule has 0 aromatic heterocycles. The maximum absolute atomic E-state index is 12.1. The minimum Gasteiger partial charge on any atom is -0.460 e. The normalized spacial score (nSPS) is 14.8. The van der Waals surface area contributed by atoms with Gasteiger partial charge in [-0.1, -0.05) is 11.6 Å². The number of amides is 1. The second-order valence-electron chi connectivity index (χ2n) is 8.11. The van der Waals surface area contributed by atoms with Crippen molar-refractivity contribution in [1.82, 2.24) is 5.32 Å². The fourth-order valence-corrected chi connectivity index (χ4v) is 3.14. The molecule has 0 spiro atoms. The molecule has 1 N–H and O–H groups in total. The Morgan fingerprint density at radius 1 is 1.04 bits per heavy atom. The van der Waals surface area contributed by atoms with Crippen molar-refractivity contribution in [1.29, 1.82) is 0 Å². The molecular weight excluding hydrogens is 382 g/mol. The number of carbonyl (C=O) groups is 2. The van der Waals surface area contributed by atoms with Crippen LogP contribution in [0, 0.1) is 0 Å². The average molecular weight is 412 g/mol. The third kappa shape index (κ3) is 10.0. The Balaban J connectivity index is 5.48. The minimum atomic E-state index is -3.73. The van der Waals surface area contributed by atoms with Crippen molar-refractivity contribution in [2.75, 3.05) is 0 Å². The van der Waals surface area contributed by atoms with Crippen LogP contribution in [0.2, 0.25) is 0 Å². The van der Waals surface area contributed by atoms with E-state index >= 15 is 0 Å². The number of nitrogens with one attached hydrogen (secondary N) is 1. The van der Waals surface area contributed by atoms with Crippen LogP contribution in [-0.4, -0.2) is 43.0 Å². The van der Waals surface area contributed by atoms with Crippen molar-refractivity contribution < 1.29 is 27.5 Å². The number of alkyl carbamates (subject to hydrolysis) is 1. The lowest BCUT2D eigenvalue weighted by Gasteiger charge is -2.24. The zero-order valence-corrected chi connectivity index (χ0v) is 18.2. The highest BCUT2D eigenvalue weighted by Crippen LogP contribution is 2.20. The highest BCUT2D eigenvalue weighted by molar-refractivity contribution is 7.97. The molecule has 1 unspecified atom stereocenters. The van der Waals surface area contributed by atoms with Gasteiger partial charge in [0.15, 0.2) is 9.84 Å². The first-order chi connectivity index (χ1) is 11.4. The predicted octanol–water partition coefficient (Wildman–Crippen LogP) is 3.51. The third-order valence-electron chi connectivity index (χ3n) is 2.73. The van der Waals surface area contributed by atoms with Crippen molar-refractivity contribution in [2.24, 2.45) is 0 Å². The maximum atomic E-state index is 12.1. The Morgan fingerprint density at radius 3 is 1.88 bits per heavy atom. The van der Waals surface area contributed by atoms with Crippen molar-refractivity contribution >= 4 is 33.5 Å². The molecule has 0 aliphatic heterocycles. The van der Waals surface area contributed by atoms with Crippen LogP contribution < -0.4 is 5.32 Å². The Hall–Kier alpha value is -1.28. The monoisotopic (exact) mass is 411 g/mol. The van der Waals surface area contributed by atoms with Gasteiger partial charge in [0.25, 0.3) is 0 Å². The predicted molar refractivity (Wildman–Crippen MR) is 102 cm³/mol. The molecule has 0 radical (unpaired) electrons. The first-order valence-corrected chi connectivity index (χ1v) is 10.2. The van der Waals surface area contributed by atoms with Crippen LogP contribution >= 0.6 is 11.6 Å². The molecule has 0 aliphatic carbocycles. The number of esters is 1. The van der Waals surface area contributed by atoms with Gasteiger partial charge in [0.05, 0.1) is 17.7 Å². The standard InChI is InChI=1S/C17H30ClNO6S/c1-11(2)26(22,23)13(18)9-12(10-14(20)24-16(3,4)5)19-15(21)25-17(6,7)8/h9,11-12H,10H2,1-8H3,(H,19,21). The summed E-state index contributed by atoms with van der Waals surface area (Å²) in [6.45, 7) is 13.1. The molecule has 0 rings (SSSR count). The fourth-order valence-electron chi connectivity index (χ4n) is 1.65. The highest BCUT2D eigenvalue weighted by atomic mass is 35.5. The van der Waals surface area contributed by atoms with E-state index in [1.165, 1.54) is 13.8 Å². The molecule has 1 amide bonds. The zero-order chi connectivity index (χ0) is 20.9. The molecule has 152 valence electrons. The molecule has 0 fully saturated rings. The first-order valence-electron chi connectivity index (χ1n) is 8.26. The molecule has 0 heterocycles. The lowest BCUT2D eigenvalue weighted by atomic mass is 10.1. The van der Waals surface area contributed by atoms with E-state index in [4.69, 9.17) is 21.1 Å². The Labute approximate surface area is 161 Å². The summed E-state index contributed by atoms with van der Waals surface area (Å²) in [5, 5.41) is 1.70. The van der Waals surface area contributed by atoms with E-state index in [1.54, 1.807) is 41.5 Å². The second kappa shape index (κ2) is 9.08. The number of hydrogen-bond acceptors (Lipinski definition) is 6. The number of carbonyl (C=O) groups excluding carboxylic acids is 2. The molecule has 1 atom stereocenters. The topological polar surface area (TPSA) is 98.8 Å². The molecule has 7 nitrogen and oxygen atoms in total. The first kappa shape index (κ1) is 24.7. The SMILES string of the molecule is CC(C)S(=O)(=O)C(Cl)=CC(CC(=O)OC(C)(C)C)NC(=O)OC(C)(C)C. The summed E-state index contributed by atoms with van der Waals surface area (Å²) >= 11 is 5.92. The third-order valence-corrected chi connectivity index (χ3v) is 5.43. The van der Waals surface area contributed by atoms with E-state index in [1.807, 2.05) is 0 Å². The Bertz CT molecular complexity index is 611. The van der Waals surface area contributed by atoms with Gasteiger partial charge in [0.1, 0.15) is 15.6 Å². The van der Waals surface area contributed by atoms with Gasteiger partial charge in [-0.05, 0) is 61.5 Å². The van der Waals surface area contributed by atoms with Gasteiger partial charge in [-0.3, -0.25) is 4.79 Å². The van der Waals surface area contributed by atoms with Crippen LogP contribution in [0.1, 0.15) is 61.8 Å². The van der Waals surface area contributed by atoms with Crippen LogP contribution in [0.15, 0.2) is 10.4 Å². The zero-order valence-electron chi connectivity index (χ0n) is 16.7. The smallest absolute Gasteiger partial charge is 0.408 e. The molecule has 0 aliphatic rings. The summed E-state index contributed by atoms with van der Waals surface area (Å²) < 4.78 is 34.2. The number of sulfone groups is 1. The lowest BCUT2D eigenvalue weighted by Crippen LogP contribution is -2.40. The molecule has 0 bridgehead atoms. The number of hydrogen-bond donors (Lipinski definition) is 1. The highest BCUT2D eigenvalue weighted by Gasteiger charge is 2.26. The van der Waals surface area contributed by atoms with Gasteiger partial charge in [0, 0.05) is 0 Å². The van der Waals surface area contributed by atoms with Crippen LogP contribution in [0.4, 0.5) is 4.79 Å². The summed E-state index contributed by atoms with van der Waals surface area (Å²) in [5.41, 5.74) is -1.47. The lowest BCUT2D eigenvalue weighted by molar-refractivity contribution is -0.155. The van der Waals surface area contributed by atoms with Crippen LogP contribution in [-0.2, 0) is 24.1 Å². The van der Waals surface area contributed by atoms with Crippen molar-refractivity contribution in [2.45, 2.75) is 84.3 Å². The maximum Gasteiger partial charge on any atom is 0.408 e. The van der Waals surface area contributed by atoms with Gasteiger partial charge in [-0.25, -0.2) is 13.2 Å². The largest absolute Gasteiger partial charge is 0.460 e. The van der Waals surface area contributed by atoms with E-state index < -0.39 is 48.8 Å². The summed E-state index contributed by atoms with van der Waals surface area (Å²) in [5.74, 6) is -0.610. The van der Waals surface area contributed by atoms with Crippen LogP contribution in [0.3, 0.4) is 0 Å². The summed E-state index contributed by atoms with van der Waals surface area (Å²) in [7, 11) is -3.73. The fraction of sp³-hybridized carbons (Fsp3) is 0.765. The van der Waals surface area contributed by atoms with Gasteiger partial charge in [-0.15, -0.1) is 0 Å². The summed E-state index contributed by atoms with van der Waals surface area (Å²) in [6, 6.07) is -0.999. The minimum absolute atomic E-state index is 0.291. The van der Waals surface area contributed by atoms with Gasteiger partial charge < -0.3 is 14.8 Å². The van der Waals surface area contributed by atoms with Crippen molar-refractivity contribution in [3.05, 3.63) is 10.4 Å². The van der Waals surface area contributed by atoms with Crippen LogP contribution in [0.25, 0.3) is 0 Å². The van der Waals surface area contributed by atoms with Gasteiger partial charge >= 0.3 is 12.1 Å². The average Bonchev–Trinajstić information content (AvgIpc) is 2.32. The second-order valence-corrected chi connectivity index (χ2v) is 11.2. The molecule has 0 saturated carbocycles. The van der Waals surface area contributed by atoms with E-state index in [0.717, 1.165) is 6.08 Å². The Morgan fingerprint density at radius 2 is 1.50 bits per heavy atom. The molecule has 0 aromatic carbocycles. The van der Waals surface area contributed by atoms with Gasteiger partial charge in [0.2, 0.25) is 0 Å². The molecule has 26 heavy (non-hydrogen) atoms. The van der Waals surface area contributed by atoms with Gasteiger partial charge in [-0.2, -0.15) is 0 Å². The molecule has 0 aromatic rings. The summed E-state index contributed by atoms with van der Waals surface area (Å²) in [6.07, 6.45) is 0.0270. The van der Waals surface area contributed by atoms with E-state index in [9.17, 15) is 18.0 Å². The molecule has 0 saturated heterocycles. The van der Waals surface area contributed by atoms with E-state index in [2.05, 4.69) is 5.32 Å². The van der Waals surface area contributed by atoms with Crippen molar-refractivity contribution in [3.63, 3.8) is 0 Å². The van der Waals surface area contributed by atoms with E-state index in [0.29, 0.717) is 0 Å². The number of rotatable bonds is 6. The molecular formula is C17H30ClNO6S. The molecule has 9 heteroatoms. The van der Waals surface area contributed by atoms with Crippen LogP contribution in [0.5, 0.6) is 0 Å². The number of halogens is 1. The quantitative estimate of drug-likeness (QED) is 0.671. The summed E-state index contributed by atoms with van der Waals surface area (Å²) in [4.78, 5) is 24.1. The Kier molecular flexibility index (Phi) is 8.63. The van der Waals surface area contributed by atoms with Crippen molar-refractivity contribution in [3.8, 4) is 0 Å². The number of ether oxygens (including phenoxy) is 2. The van der Waals surface area contributed by atoms with E-state index in [-0.39, 0.29) is 6.42 Å².